The molecule has 1 atom stereocenters. The summed E-state index contributed by atoms with van der Waals surface area (Å²) in [6, 6.07) is 19.3. The van der Waals surface area contributed by atoms with Gasteiger partial charge in [0.2, 0.25) is 0 Å². The van der Waals surface area contributed by atoms with Gasteiger partial charge in [-0.2, -0.15) is 0 Å². The molecule has 0 bridgehead atoms. The molecule has 4 nitrogen and oxygen atoms in total. The number of benzene rings is 2. The molecule has 0 amide bonds. The average molecular weight is 292 g/mol. The fourth-order valence-corrected chi connectivity index (χ4v) is 2.75. The number of hydrogen-bond donors (Lipinski definition) is 0. The molecule has 1 unspecified atom stereocenters. The Morgan fingerprint density at radius 1 is 0.955 bits per heavy atom. The highest BCUT2D eigenvalue weighted by Crippen LogP contribution is 2.31. The summed E-state index contributed by atoms with van der Waals surface area (Å²) in [5, 5.41) is 11.8. The standard InChI is InChI=1S/C18H16N2O2/c21-20(22)18(12-16-9-5-2-6-10-16)14-19-13-17(18)11-15-7-3-1-4-8-15/h1-10,13-14H,11-12H2. The normalized spacial score (nSPS) is 19.9. The molecule has 4 heteroatoms. The molecule has 1 heterocycles. The third kappa shape index (κ3) is 2.68. The van der Waals surface area contributed by atoms with Crippen LogP contribution in [-0.2, 0) is 12.8 Å². The minimum atomic E-state index is -1.24. The highest BCUT2D eigenvalue weighted by molar-refractivity contribution is 5.78. The molecule has 0 saturated heterocycles. The van der Waals surface area contributed by atoms with Crippen LogP contribution in [-0.4, -0.2) is 16.7 Å². The van der Waals surface area contributed by atoms with Gasteiger partial charge in [-0.3, -0.25) is 15.1 Å². The monoisotopic (exact) mass is 292 g/mol. The van der Waals surface area contributed by atoms with E-state index in [0.29, 0.717) is 12.8 Å². The number of aliphatic imine (C=N–C) groups is 1. The van der Waals surface area contributed by atoms with E-state index in [9.17, 15) is 10.1 Å². The zero-order chi connectivity index (χ0) is 15.4. The summed E-state index contributed by atoms with van der Waals surface area (Å²) in [6.45, 7) is 0. The summed E-state index contributed by atoms with van der Waals surface area (Å²) in [5.41, 5.74) is 1.48. The lowest BCUT2D eigenvalue weighted by molar-refractivity contribution is -0.534. The molecule has 22 heavy (non-hydrogen) atoms. The van der Waals surface area contributed by atoms with Crippen molar-refractivity contribution in [3.8, 4) is 0 Å². The second-order valence-electron chi connectivity index (χ2n) is 5.44. The van der Waals surface area contributed by atoms with Crippen molar-refractivity contribution in [2.45, 2.75) is 18.4 Å². The Bertz CT molecular complexity index is 723. The maximum absolute atomic E-state index is 11.8. The van der Waals surface area contributed by atoms with Gasteiger partial charge >= 0.3 is 0 Å². The van der Waals surface area contributed by atoms with Crippen molar-refractivity contribution in [2.24, 2.45) is 4.99 Å². The molecular formula is C18H16N2O2. The molecule has 3 rings (SSSR count). The van der Waals surface area contributed by atoms with E-state index in [1.54, 1.807) is 6.20 Å². The first-order valence-corrected chi connectivity index (χ1v) is 7.17. The topological polar surface area (TPSA) is 55.5 Å². The van der Waals surface area contributed by atoms with Crippen molar-refractivity contribution in [1.29, 1.82) is 0 Å². The third-order valence-electron chi connectivity index (χ3n) is 3.95. The quantitative estimate of drug-likeness (QED) is 0.626. The van der Waals surface area contributed by atoms with Crippen LogP contribution >= 0.6 is 0 Å². The van der Waals surface area contributed by atoms with Gasteiger partial charge in [0.05, 0.1) is 12.6 Å². The van der Waals surface area contributed by atoms with Crippen LogP contribution in [0.25, 0.3) is 0 Å². The van der Waals surface area contributed by atoms with E-state index in [2.05, 4.69) is 4.99 Å². The third-order valence-corrected chi connectivity index (χ3v) is 3.95. The molecule has 0 aliphatic carbocycles. The Kier molecular flexibility index (Phi) is 3.83. The summed E-state index contributed by atoms with van der Waals surface area (Å²) < 4.78 is 0. The SMILES string of the molecule is O=[N+]([O-])C1(Cc2ccccc2)C=NC=C1Cc1ccccc1. The first-order chi connectivity index (χ1) is 10.7. The Balaban J connectivity index is 1.91. The van der Waals surface area contributed by atoms with Crippen LogP contribution in [0.1, 0.15) is 11.1 Å². The predicted molar refractivity (Wildman–Crippen MR) is 86.6 cm³/mol. The first-order valence-electron chi connectivity index (χ1n) is 7.17. The van der Waals surface area contributed by atoms with Crippen LogP contribution in [0, 0.1) is 10.1 Å². The van der Waals surface area contributed by atoms with Gasteiger partial charge in [0.25, 0.3) is 5.54 Å². The zero-order valence-corrected chi connectivity index (χ0v) is 12.1. The zero-order valence-electron chi connectivity index (χ0n) is 12.1. The molecule has 0 spiro atoms. The van der Waals surface area contributed by atoms with Gasteiger partial charge in [0.1, 0.15) is 0 Å². The largest absolute Gasteiger partial charge is 0.284 e. The van der Waals surface area contributed by atoms with Gasteiger partial charge in [-0.15, -0.1) is 0 Å². The van der Waals surface area contributed by atoms with Crippen LogP contribution in [0.4, 0.5) is 0 Å². The highest BCUT2D eigenvalue weighted by Gasteiger charge is 2.47. The Morgan fingerprint density at radius 3 is 2.14 bits per heavy atom. The van der Waals surface area contributed by atoms with Crippen LogP contribution in [0.15, 0.2) is 77.4 Å². The second-order valence-corrected chi connectivity index (χ2v) is 5.44. The van der Waals surface area contributed by atoms with Gasteiger partial charge in [-0.25, -0.2) is 0 Å². The Labute approximate surface area is 129 Å². The number of nitro groups is 1. The van der Waals surface area contributed by atoms with Crippen LogP contribution < -0.4 is 0 Å². The lowest BCUT2D eigenvalue weighted by Crippen LogP contribution is -2.43. The molecule has 1 aliphatic heterocycles. The van der Waals surface area contributed by atoms with Crippen molar-refractivity contribution in [3.63, 3.8) is 0 Å². The van der Waals surface area contributed by atoms with E-state index < -0.39 is 5.54 Å². The highest BCUT2D eigenvalue weighted by atomic mass is 16.6. The molecule has 0 saturated carbocycles. The van der Waals surface area contributed by atoms with Crippen LogP contribution in [0.5, 0.6) is 0 Å². The minimum Gasteiger partial charge on any atom is -0.263 e. The number of hydrogen-bond acceptors (Lipinski definition) is 3. The van der Waals surface area contributed by atoms with Crippen molar-refractivity contribution >= 4 is 6.21 Å². The maximum atomic E-state index is 11.8. The Hall–Kier alpha value is -2.75. The smallest absolute Gasteiger partial charge is 0.263 e. The lowest BCUT2D eigenvalue weighted by atomic mass is 9.83. The maximum Gasteiger partial charge on any atom is 0.284 e. The average Bonchev–Trinajstić information content (AvgIpc) is 2.93. The first kappa shape index (κ1) is 14.2. The van der Waals surface area contributed by atoms with E-state index in [0.717, 1.165) is 16.7 Å². The second kappa shape index (κ2) is 5.93. The molecule has 2 aromatic rings. The van der Waals surface area contributed by atoms with E-state index in [4.69, 9.17) is 0 Å². The molecule has 110 valence electrons. The van der Waals surface area contributed by atoms with Gasteiger partial charge in [-0.1, -0.05) is 60.7 Å². The lowest BCUT2D eigenvalue weighted by Gasteiger charge is -2.21. The van der Waals surface area contributed by atoms with Crippen molar-refractivity contribution in [3.05, 3.63) is 93.7 Å². The number of nitrogens with zero attached hydrogens (tertiary/aromatic N) is 2. The van der Waals surface area contributed by atoms with Gasteiger partial charge in [0, 0.05) is 23.1 Å². The molecule has 0 fully saturated rings. The van der Waals surface area contributed by atoms with Crippen molar-refractivity contribution in [2.75, 3.05) is 0 Å². The predicted octanol–water partition coefficient (Wildman–Crippen LogP) is 3.46. The molecule has 0 N–H and O–H groups in total. The van der Waals surface area contributed by atoms with Gasteiger partial charge < -0.3 is 0 Å². The number of rotatable bonds is 5. The summed E-state index contributed by atoms with van der Waals surface area (Å²) in [7, 11) is 0. The summed E-state index contributed by atoms with van der Waals surface area (Å²) in [5.74, 6) is 0. The summed E-state index contributed by atoms with van der Waals surface area (Å²) in [4.78, 5) is 15.7. The van der Waals surface area contributed by atoms with Crippen LogP contribution in [0.3, 0.4) is 0 Å². The van der Waals surface area contributed by atoms with Gasteiger partial charge in [-0.05, 0) is 11.1 Å². The molecule has 2 aromatic carbocycles. The van der Waals surface area contributed by atoms with E-state index in [-0.39, 0.29) is 4.92 Å². The molecule has 0 aromatic heterocycles. The molecule has 1 aliphatic rings. The van der Waals surface area contributed by atoms with Crippen molar-refractivity contribution < 1.29 is 4.92 Å². The van der Waals surface area contributed by atoms with Crippen molar-refractivity contribution in [1.82, 2.24) is 0 Å². The molecule has 0 radical (unpaired) electrons. The fraction of sp³-hybridized carbons (Fsp3) is 0.167. The summed E-state index contributed by atoms with van der Waals surface area (Å²) >= 11 is 0. The van der Waals surface area contributed by atoms with Gasteiger partial charge in [0.15, 0.2) is 0 Å². The Morgan fingerprint density at radius 2 is 1.55 bits per heavy atom. The fourth-order valence-electron chi connectivity index (χ4n) is 2.75. The van der Waals surface area contributed by atoms with Crippen LogP contribution in [0.2, 0.25) is 0 Å². The van der Waals surface area contributed by atoms with E-state index in [1.165, 1.54) is 6.21 Å². The van der Waals surface area contributed by atoms with E-state index >= 15 is 0 Å². The minimum absolute atomic E-state index is 0.217. The van der Waals surface area contributed by atoms with E-state index in [1.807, 2.05) is 60.7 Å². The summed E-state index contributed by atoms with van der Waals surface area (Å²) in [6.07, 6.45) is 3.97. The molecular weight excluding hydrogens is 276 g/mol.